The van der Waals surface area contributed by atoms with Gasteiger partial charge < -0.3 is 10.6 Å². The zero-order valence-electron chi connectivity index (χ0n) is 20.6. The molecule has 0 bridgehead atoms. The van der Waals surface area contributed by atoms with Crippen LogP contribution in [-0.2, 0) is 9.59 Å². The molecule has 222 valence electrons. The Kier molecular flexibility index (Phi) is 7.35. The normalized spacial score (nSPS) is 24.0. The predicted octanol–water partition coefficient (Wildman–Crippen LogP) is 6.35. The minimum absolute atomic E-state index is 0.0409. The van der Waals surface area contributed by atoms with Gasteiger partial charge in [-0.15, -0.1) is 0 Å². The fourth-order valence-electron chi connectivity index (χ4n) is 4.78. The first kappa shape index (κ1) is 30.0. The van der Waals surface area contributed by atoms with Gasteiger partial charge in [0.25, 0.3) is 0 Å². The molecule has 40 heavy (non-hydrogen) atoms. The van der Waals surface area contributed by atoms with Gasteiger partial charge in [0.15, 0.2) is 0 Å². The van der Waals surface area contributed by atoms with Crippen molar-refractivity contribution in [3.8, 4) is 0 Å². The first-order valence-electron chi connectivity index (χ1n) is 12.2. The van der Waals surface area contributed by atoms with Crippen LogP contribution in [0.25, 0.3) is 0 Å². The summed E-state index contributed by atoms with van der Waals surface area (Å²) in [5.74, 6) is -5.90. The molecule has 2 aliphatic rings. The van der Waals surface area contributed by atoms with E-state index in [1.165, 1.54) is 0 Å². The molecule has 2 aromatic rings. The third-order valence-corrected chi connectivity index (χ3v) is 7.95. The highest BCUT2D eigenvalue weighted by molar-refractivity contribution is 8.45. The second kappa shape index (κ2) is 9.82. The van der Waals surface area contributed by atoms with Crippen LogP contribution < -0.4 is 15.5 Å². The quantitative estimate of drug-likeness (QED) is 0.362. The number of nitrogens with one attached hydrogen (secondary N) is 2. The molecule has 4 rings (SSSR count). The Morgan fingerprint density at radius 1 is 1.05 bits per heavy atom. The van der Waals surface area contributed by atoms with E-state index >= 15 is 0 Å². The van der Waals surface area contributed by atoms with Crippen LogP contribution in [0.5, 0.6) is 0 Å². The molecule has 1 saturated heterocycles. The van der Waals surface area contributed by atoms with Crippen molar-refractivity contribution in [3.63, 3.8) is 0 Å². The van der Waals surface area contributed by atoms with Gasteiger partial charge in [0.05, 0.1) is 12.2 Å². The van der Waals surface area contributed by atoms with Crippen LogP contribution in [0.1, 0.15) is 43.7 Å². The standard InChI is InChI=1S/C24H25F9N4O2S/c25-15-9-14(11-34-12-15)21(22(38)36-17-5-7-24(27,28)8-6-17)37(23(39)20-10-16(26)13-35-20)18-1-3-19(4-2-18)40(29,30,31,32)33/h1-4,9,11-12,16-17,20-21,35H,5-8,10,13H2,(H,36,38). The molecule has 1 saturated carbocycles. The van der Waals surface area contributed by atoms with E-state index < -0.39 is 81.5 Å². The number of anilines is 1. The third-order valence-electron chi connectivity index (χ3n) is 6.78. The van der Waals surface area contributed by atoms with Crippen LogP contribution in [0.3, 0.4) is 0 Å². The average molecular weight is 605 g/mol. The maximum Gasteiger partial charge on any atom is 0.310 e. The average Bonchev–Trinajstić information content (AvgIpc) is 3.28. The lowest BCUT2D eigenvalue weighted by molar-refractivity contribution is -0.128. The number of hydrogen-bond acceptors (Lipinski definition) is 4. The van der Waals surface area contributed by atoms with Crippen molar-refractivity contribution in [2.24, 2.45) is 0 Å². The van der Waals surface area contributed by atoms with Crippen LogP contribution >= 0.6 is 10.2 Å². The van der Waals surface area contributed by atoms with E-state index in [1.807, 2.05) is 0 Å². The largest absolute Gasteiger partial charge is 0.351 e. The summed E-state index contributed by atoms with van der Waals surface area (Å²) in [6.07, 6.45) is -1.39. The first-order chi connectivity index (χ1) is 18.3. The number of carbonyl (C=O) groups is 2. The van der Waals surface area contributed by atoms with Crippen molar-refractivity contribution in [2.75, 3.05) is 11.4 Å². The monoisotopic (exact) mass is 604 g/mol. The molecule has 1 aromatic carbocycles. The molecule has 3 atom stereocenters. The number of hydrogen-bond donors (Lipinski definition) is 2. The van der Waals surface area contributed by atoms with Gasteiger partial charge in [0, 0.05) is 49.3 Å². The number of amides is 2. The number of pyridine rings is 1. The Balaban J connectivity index is 1.78. The molecule has 2 fully saturated rings. The Morgan fingerprint density at radius 3 is 2.20 bits per heavy atom. The van der Waals surface area contributed by atoms with Crippen molar-refractivity contribution in [2.45, 2.75) is 67.2 Å². The number of nitrogens with zero attached hydrogens (tertiary/aromatic N) is 2. The third kappa shape index (κ3) is 7.00. The van der Waals surface area contributed by atoms with Crippen LogP contribution in [0.4, 0.5) is 42.7 Å². The number of rotatable bonds is 7. The topological polar surface area (TPSA) is 74.3 Å². The van der Waals surface area contributed by atoms with Gasteiger partial charge in [0.1, 0.15) is 22.9 Å². The minimum atomic E-state index is -10.1. The lowest BCUT2D eigenvalue weighted by Crippen LogP contribution is -2.52. The van der Waals surface area contributed by atoms with Crippen molar-refractivity contribution in [3.05, 3.63) is 54.1 Å². The summed E-state index contributed by atoms with van der Waals surface area (Å²) in [7, 11) is -10.1. The van der Waals surface area contributed by atoms with Crippen molar-refractivity contribution in [1.82, 2.24) is 15.6 Å². The number of benzene rings is 1. The Hall–Kier alpha value is -3.01. The van der Waals surface area contributed by atoms with E-state index in [2.05, 4.69) is 15.6 Å². The molecule has 3 unspecified atom stereocenters. The summed E-state index contributed by atoms with van der Waals surface area (Å²) in [4.78, 5) is 29.2. The van der Waals surface area contributed by atoms with Crippen molar-refractivity contribution < 1.29 is 46.6 Å². The summed E-state index contributed by atoms with van der Waals surface area (Å²) in [5.41, 5.74) is -0.710. The molecular formula is C24H25F9N4O2S. The van der Waals surface area contributed by atoms with Crippen molar-refractivity contribution >= 4 is 27.7 Å². The Bertz CT molecular complexity index is 1270. The van der Waals surface area contributed by atoms with Crippen LogP contribution in [0, 0.1) is 5.82 Å². The molecule has 6 nitrogen and oxygen atoms in total. The van der Waals surface area contributed by atoms with Crippen molar-refractivity contribution in [1.29, 1.82) is 0 Å². The predicted molar refractivity (Wildman–Crippen MR) is 129 cm³/mol. The zero-order chi connectivity index (χ0) is 29.6. The van der Waals surface area contributed by atoms with Gasteiger partial charge >= 0.3 is 10.2 Å². The summed E-state index contributed by atoms with van der Waals surface area (Å²) < 4.78 is 122. The molecule has 16 heteroatoms. The highest BCUT2D eigenvalue weighted by atomic mass is 32.5. The van der Waals surface area contributed by atoms with Gasteiger partial charge in [-0.2, -0.15) is 0 Å². The molecule has 1 aliphatic carbocycles. The van der Waals surface area contributed by atoms with Gasteiger partial charge in [0.2, 0.25) is 17.7 Å². The van der Waals surface area contributed by atoms with Crippen LogP contribution in [0.2, 0.25) is 0 Å². The number of aromatic nitrogens is 1. The van der Waals surface area contributed by atoms with E-state index in [0.717, 1.165) is 18.5 Å². The van der Waals surface area contributed by atoms with Gasteiger partial charge in [-0.05, 0) is 43.2 Å². The zero-order valence-corrected chi connectivity index (χ0v) is 21.4. The summed E-state index contributed by atoms with van der Waals surface area (Å²) >= 11 is 0. The molecule has 1 aromatic heterocycles. The second-order valence-electron chi connectivity index (χ2n) is 9.94. The Labute approximate surface area is 223 Å². The highest BCUT2D eigenvalue weighted by Gasteiger charge is 2.65. The molecule has 2 amide bonds. The lowest BCUT2D eigenvalue weighted by atomic mass is 9.91. The maximum atomic E-state index is 14.2. The number of alkyl halides is 3. The minimum Gasteiger partial charge on any atom is -0.351 e. The fraction of sp³-hybridized carbons (Fsp3) is 0.458. The summed E-state index contributed by atoms with van der Waals surface area (Å²) in [5, 5.41) is 5.11. The molecule has 2 N–H and O–H groups in total. The molecular weight excluding hydrogens is 579 g/mol. The summed E-state index contributed by atoms with van der Waals surface area (Å²) in [6, 6.07) is -1.88. The lowest BCUT2D eigenvalue weighted by Gasteiger charge is -2.41. The maximum absolute atomic E-state index is 14.2. The van der Waals surface area contributed by atoms with Gasteiger partial charge in [-0.3, -0.25) is 19.5 Å². The van der Waals surface area contributed by atoms with E-state index in [0.29, 0.717) is 17.0 Å². The molecule has 1 aliphatic heterocycles. The molecule has 2 heterocycles. The second-order valence-corrected chi connectivity index (χ2v) is 12.4. The van der Waals surface area contributed by atoms with Gasteiger partial charge in [-0.25, -0.2) is 17.6 Å². The van der Waals surface area contributed by atoms with E-state index in [1.54, 1.807) is 0 Å². The van der Waals surface area contributed by atoms with Gasteiger partial charge in [-0.1, -0.05) is 19.4 Å². The summed E-state index contributed by atoms with van der Waals surface area (Å²) in [6.45, 7) is -0.248. The fourth-order valence-corrected chi connectivity index (χ4v) is 5.43. The number of halogens is 9. The highest BCUT2D eigenvalue weighted by Crippen LogP contribution is 3.02. The SMILES string of the molecule is O=C(NC1CCC(F)(F)CC1)C(c1cncc(F)c1)N(C(=O)C1CC(F)CN1)c1ccc(S(F)(F)(F)(F)F)cc1. The number of carbonyl (C=O) groups excluding carboxylic acids is 2. The smallest absolute Gasteiger partial charge is 0.310 e. The van der Waals surface area contributed by atoms with Crippen LogP contribution in [0.15, 0.2) is 47.6 Å². The van der Waals surface area contributed by atoms with E-state index in [4.69, 9.17) is 0 Å². The Morgan fingerprint density at radius 2 is 1.68 bits per heavy atom. The first-order valence-corrected chi connectivity index (χ1v) is 14.1. The van der Waals surface area contributed by atoms with E-state index in [-0.39, 0.29) is 43.5 Å². The molecule has 0 spiro atoms. The van der Waals surface area contributed by atoms with E-state index in [9.17, 15) is 46.6 Å². The molecule has 0 radical (unpaired) electrons. The van der Waals surface area contributed by atoms with Crippen LogP contribution in [-0.4, -0.2) is 47.5 Å².